The fourth-order valence-electron chi connectivity index (χ4n) is 2.11. The van der Waals surface area contributed by atoms with Gasteiger partial charge in [-0.2, -0.15) is 0 Å². The Hall–Kier alpha value is -1.72. The largest absolute Gasteiger partial charge is 0.378 e. The van der Waals surface area contributed by atoms with Crippen LogP contribution in [0.25, 0.3) is 11.4 Å². The number of aromatic amines is 1. The van der Waals surface area contributed by atoms with Crippen molar-refractivity contribution in [2.24, 2.45) is 0 Å². The Morgan fingerprint density at radius 2 is 2.33 bits per heavy atom. The standard InChI is InChI=1S/C13H16N4O/c1-9-7-11(10-3-2-4-14-10)17-13(16-9)12-8-18-6-5-15-12/h2-4,7,12,14-15H,5-6,8H2,1H3. The zero-order chi connectivity index (χ0) is 12.4. The van der Waals surface area contributed by atoms with E-state index in [2.05, 4.69) is 20.3 Å². The summed E-state index contributed by atoms with van der Waals surface area (Å²) in [6, 6.07) is 6.05. The molecular weight excluding hydrogens is 228 g/mol. The molecule has 1 atom stereocenters. The number of morpholine rings is 1. The summed E-state index contributed by atoms with van der Waals surface area (Å²) in [4.78, 5) is 12.3. The molecule has 5 nitrogen and oxygen atoms in total. The van der Waals surface area contributed by atoms with E-state index in [1.165, 1.54) is 0 Å². The lowest BCUT2D eigenvalue weighted by Crippen LogP contribution is -2.35. The fraction of sp³-hybridized carbons (Fsp3) is 0.385. The predicted molar refractivity (Wildman–Crippen MR) is 68.1 cm³/mol. The third-order valence-electron chi connectivity index (χ3n) is 2.98. The van der Waals surface area contributed by atoms with Crippen LogP contribution < -0.4 is 5.32 Å². The summed E-state index contributed by atoms with van der Waals surface area (Å²) in [5.74, 6) is 0.805. The SMILES string of the molecule is Cc1cc(-c2ccc[nH]2)nc(C2COCCN2)n1. The molecule has 2 aromatic rings. The molecule has 0 spiro atoms. The number of H-pyrrole nitrogens is 1. The number of ether oxygens (including phenoxy) is 1. The molecule has 0 aromatic carbocycles. The van der Waals surface area contributed by atoms with E-state index in [1.54, 1.807) is 0 Å². The van der Waals surface area contributed by atoms with Gasteiger partial charge < -0.3 is 15.0 Å². The molecule has 1 saturated heterocycles. The second-order valence-electron chi connectivity index (χ2n) is 4.42. The number of nitrogens with one attached hydrogen (secondary N) is 2. The second-order valence-corrected chi connectivity index (χ2v) is 4.42. The van der Waals surface area contributed by atoms with Gasteiger partial charge >= 0.3 is 0 Å². The van der Waals surface area contributed by atoms with Crippen LogP contribution in [0.2, 0.25) is 0 Å². The molecule has 3 rings (SSSR count). The lowest BCUT2D eigenvalue weighted by molar-refractivity contribution is 0.0742. The Kier molecular flexibility index (Phi) is 3.08. The first-order valence-electron chi connectivity index (χ1n) is 6.13. The highest BCUT2D eigenvalue weighted by Crippen LogP contribution is 2.19. The first kappa shape index (κ1) is 11.4. The highest BCUT2D eigenvalue weighted by Gasteiger charge is 2.19. The van der Waals surface area contributed by atoms with E-state index in [4.69, 9.17) is 4.74 Å². The Morgan fingerprint density at radius 3 is 3.06 bits per heavy atom. The van der Waals surface area contributed by atoms with E-state index in [0.717, 1.165) is 36.1 Å². The van der Waals surface area contributed by atoms with Crippen LogP contribution in [0.15, 0.2) is 24.4 Å². The van der Waals surface area contributed by atoms with Crippen LogP contribution >= 0.6 is 0 Å². The van der Waals surface area contributed by atoms with Gasteiger partial charge in [-0.25, -0.2) is 9.97 Å². The van der Waals surface area contributed by atoms with Crippen LogP contribution in [0.5, 0.6) is 0 Å². The van der Waals surface area contributed by atoms with Gasteiger partial charge in [0.15, 0.2) is 0 Å². The highest BCUT2D eigenvalue weighted by atomic mass is 16.5. The second kappa shape index (κ2) is 4.88. The van der Waals surface area contributed by atoms with Crippen molar-refractivity contribution in [3.05, 3.63) is 35.9 Å². The van der Waals surface area contributed by atoms with Gasteiger partial charge in [0.05, 0.1) is 30.6 Å². The molecule has 0 aliphatic carbocycles. The summed E-state index contributed by atoms with van der Waals surface area (Å²) >= 11 is 0. The minimum absolute atomic E-state index is 0.0902. The summed E-state index contributed by atoms with van der Waals surface area (Å²) in [5.41, 5.74) is 2.91. The maximum Gasteiger partial charge on any atom is 0.148 e. The van der Waals surface area contributed by atoms with Gasteiger partial charge in [0.25, 0.3) is 0 Å². The van der Waals surface area contributed by atoms with E-state index < -0.39 is 0 Å². The minimum Gasteiger partial charge on any atom is -0.378 e. The minimum atomic E-state index is 0.0902. The molecule has 3 heterocycles. The van der Waals surface area contributed by atoms with Crippen LogP contribution in [-0.4, -0.2) is 34.7 Å². The molecule has 2 aromatic heterocycles. The first-order chi connectivity index (χ1) is 8.83. The molecule has 1 fully saturated rings. The number of nitrogens with zero attached hydrogens (tertiary/aromatic N) is 2. The van der Waals surface area contributed by atoms with Crippen molar-refractivity contribution in [3.63, 3.8) is 0 Å². The van der Waals surface area contributed by atoms with Crippen molar-refractivity contribution in [2.45, 2.75) is 13.0 Å². The third-order valence-corrected chi connectivity index (χ3v) is 2.98. The lowest BCUT2D eigenvalue weighted by Gasteiger charge is -2.23. The molecule has 2 N–H and O–H groups in total. The van der Waals surface area contributed by atoms with Crippen LogP contribution in [0.4, 0.5) is 0 Å². The van der Waals surface area contributed by atoms with Crippen molar-refractivity contribution >= 4 is 0 Å². The van der Waals surface area contributed by atoms with Crippen LogP contribution in [0.3, 0.4) is 0 Å². The molecular formula is C13H16N4O. The normalized spacial score (nSPS) is 19.9. The van der Waals surface area contributed by atoms with Crippen molar-refractivity contribution in [3.8, 4) is 11.4 Å². The average Bonchev–Trinajstić information content (AvgIpc) is 2.93. The molecule has 94 valence electrons. The Morgan fingerprint density at radius 1 is 1.39 bits per heavy atom. The van der Waals surface area contributed by atoms with Gasteiger partial charge in [0.1, 0.15) is 5.82 Å². The Balaban J connectivity index is 1.95. The molecule has 0 bridgehead atoms. The Labute approximate surface area is 106 Å². The van der Waals surface area contributed by atoms with Crippen LogP contribution in [-0.2, 0) is 4.74 Å². The zero-order valence-corrected chi connectivity index (χ0v) is 10.3. The number of rotatable bonds is 2. The van der Waals surface area contributed by atoms with Crippen molar-refractivity contribution in [1.82, 2.24) is 20.3 Å². The lowest BCUT2D eigenvalue weighted by atomic mass is 10.2. The molecule has 0 amide bonds. The quantitative estimate of drug-likeness (QED) is 0.839. The summed E-state index contributed by atoms with van der Waals surface area (Å²) < 4.78 is 5.46. The van der Waals surface area contributed by atoms with E-state index in [1.807, 2.05) is 31.3 Å². The van der Waals surface area contributed by atoms with Gasteiger partial charge in [0.2, 0.25) is 0 Å². The third kappa shape index (κ3) is 2.27. The van der Waals surface area contributed by atoms with Crippen molar-refractivity contribution in [1.29, 1.82) is 0 Å². The summed E-state index contributed by atoms with van der Waals surface area (Å²) in [7, 11) is 0. The summed E-state index contributed by atoms with van der Waals surface area (Å²) in [5, 5.41) is 3.37. The van der Waals surface area contributed by atoms with Crippen molar-refractivity contribution < 1.29 is 4.74 Å². The topological polar surface area (TPSA) is 62.8 Å². The maximum absolute atomic E-state index is 5.46. The first-order valence-corrected chi connectivity index (χ1v) is 6.13. The van der Waals surface area contributed by atoms with E-state index in [0.29, 0.717) is 6.61 Å². The molecule has 5 heteroatoms. The number of aromatic nitrogens is 3. The van der Waals surface area contributed by atoms with Gasteiger partial charge in [-0.15, -0.1) is 0 Å². The number of aryl methyl sites for hydroxylation is 1. The summed E-state index contributed by atoms with van der Waals surface area (Å²) in [6.45, 7) is 4.22. The fourth-order valence-corrected chi connectivity index (χ4v) is 2.11. The molecule has 1 aliphatic rings. The zero-order valence-electron chi connectivity index (χ0n) is 10.3. The number of hydrogen-bond acceptors (Lipinski definition) is 4. The number of hydrogen-bond donors (Lipinski definition) is 2. The predicted octanol–water partition coefficient (Wildman–Crippen LogP) is 1.44. The smallest absolute Gasteiger partial charge is 0.148 e. The van der Waals surface area contributed by atoms with Gasteiger partial charge in [-0.3, -0.25) is 0 Å². The van der Waals surface area contributed by atoms with E-state index in [9.17, 15) is 0 Å². The maximum atomic E-state index is 5.46. The van der Waals surface area contributed by atoms with E-state index >= 15 is 0 Å². The molecule has 18 heavy (non-hydrogen) atoms. The molecule has 1 aliphatic heterocycles. The highest BCUT2D eigenvalue weighted by molar-refractivity contribution is 5.54. The Bertz CT molecular complexity index is 518. The molecule has 1 unspecified atom stereocenters. The van der Waals surface area contributed by atoms with Gasteiger partial charge in [0, 0.05) is 18.4 Å². The van der Waals surface area contributed by atoms with Crippen molar-refractivity contribution in [2.75, 3.05) is 19.8 Å². The van der Waals surface area contributed by atoms with Crippen LogP contribution in [0, 0.1) is 6.92 Å². The average molecular weight is 244 g/mol. The molecule has 0 radical (unpaired) electrons. The van der Waals surface area contributed by atoms with E-state index in [-0.39, 0.29) is 6.04 Å². The monoisotopic (exact) mass is 244 g/mol. The molecule has 0 saturated carbocycles. The van der Waals surface area contributed by atoms with Crippen LogP contribution in [0.1, 0.15) is 17.6 Å². The summed E-state index contributed by atoms with van der Waals surface area (Å²) in [6.07, 6.45) is 1.90. The van der Waals surface area contributed by atoms with Gasteiger partial charge in [-0.05, 0) is 25.1 Å². The van der Waals surface area contributed by atoms with Gasteiger partial charge in [-0.1, -0.05) is 0 Å².